The zero-order chi connectivity index (χ0) is 29.0. The molecule has 2 aromatic rings. The van der Waals surface area contributed by atoms with Gasteiger partial charge in [-0.1, -0.05) is 88.4 Å². The van der Waals surface area contributed by atoms with Crippen LogP contribution in [-0.2, 0) is 20.9 Å². The van der Waals surface area contributed by atoms with E-state index in [2.05, 4.69) is 35.0 Å². The first-order chi connectivity index (χ1) is 19.1. The summed E-state index contributed by atoms with van der Waals surface area (Å²) in [6, 6.07) is 19.3. The lowest BCUT2D eigenvalue weighted by Gasteiger charge is -2.28. The summed E-state index contributed by atoms with van der Waals surface area (Å²) in [5.74, 6) is 0.258. The van der Waals surface area contributed by atoms with Crippen molar-refractivity contribution in [1.29, 1.82) is 0 Å². The number of hydrogen-bond donors (Lipinski definition) is 3. The maximum Gasteiger partial charge on any atom is 0.407 e. The van der Waals surface area contributed by atoms with Gasteiger partial charge < -0.3 is 25.6 Å². The minimum Gasteiger partial charge on any atom is -0.445 e. The topological polar surface area (TPSA) is 99.8 Å². The van der Waals surface area contributed by atoms with Crippen molar-refractivity contribution in [3.8, 4) is 0 Å². The maximum atomic E-state index is 13.7. The summed E-state index contributed by atoms with van der Waals surface area (Å²) in [6.07, 6.45) is 2.04. The number of alkyl carbamates (subject to hydrolysis) is 1. The normalized spacial score (nSPS) is 18.5. The number of rotatable bonds is 12. The Morgan fingerprint density at radius 1 is 1.05 bits per heavy atom. The van der Waals surface area contributed by atoms with Crippen LogP contribution in [0.4, 0.5) is 4.79 Å². The van der Waals surface area contributed by atoms with Crippen molar-refractivity contribution in [3.63, 3.8) is 0 Å². The Hall–Kier alpha value is -3.39. The van der Waals surface area contributed by atoms with Crippen molar-refractivity contribution in [3.05, 3.63) is 71.8 Å². The summed E-state index contributed by atoms with van der Waals surface area (Å²) in [7, 11) is 0. The van der Waals surface area contributed by atoms with Gasteiger partial charge in [0, 0.05) is 44.6 Å². The Bertz CT molecular complexity index is 1070. The Labute approximate surface area is 239 Å². The van der Waals surface area contributed by atoms with Gasteiger partial charge in [0.15, 0.2) is 0 Å². The van der Waals surface area contributed by atoms with E-state index in [9.17, 15) is 14.4 Å². The fraction of sp³-hybridized carbons (Fsp3) is 0.531. The van der Waals surface area contributed by atoms with Gasteiger partial charge in [-0.3, -0.25) is 9.59 Å². The number of hydrogen-bond acceptors (Lipinski definition) is 5. The van der Waals surface area contributed by atoms with Crippen molar-refractivity contribution in [2.45, 2.75) is 78.0 Å². The largest absolute Gasteiger partial charge is 0.445 e. The van der Waals surface area contributed by atoms with Gasteiger partial charge in [-0.25, -0.2) is 4.79 Å². The molecule has 0 unspecified atom stereocenters. The van der Waals surface area contributed by atoms with Gasteiger partial charge in [-0.2, -0.15) is 0 Å². The number of nitrogens with zero attached hydrogens (tertiary/aromatic N) is 1. The van der Waals surface area contributed by atoms with E-state index < -0.39 is 12.1 Å². The van der Waals surface area contributed by atoms with Crippen LogP contribution in [0.3, 0.4) is 0 Å². The average Bonchev–Trinajstić information content (AvgIpc) is 3.07. The summed E-state index contributed by atoms with van der Waals surface area (Å²) in [5.41, 5.74) is 2.04. The molecule has 8 nitrogen and oxygen atoms in total. The van der Waals surface area contributed by atoms with E-state index in [-0.39, 0.29) is 35.8 Å². The molecule has 3 N–H and O–H groups in total. The van der Waals surface area contributed by atoms with Crippen LogP contribution in [-0.4, -0.2) is 61.1 Å². The van der Waals surface area contributed by atoms with Crippen molar-refractivity contribution < 1.29 is 19.1 Å². The van der Waals surface area contributed by atoms with Crippen LogP contribution in [0.25, 0.3) is 0 Å². The monoisotopic (exact) mass is 550 g/mol. The zero-order valence-electron chi connectivity index (χ0n) is 24.4. The first-order valence-corrected chi connectivity index (χ1v) is 14.5. The molecule has 1 fully saturated rings. The third-order valence-electron chi connectivity index (χ3n) is 7.15. The highest BCUT2D eigenvalue weighted by atomic mass is 16.5. The molecule has 3 amide bonds. The van der Waals surface area contributed by atoms with E-state index in [0.717, 1.165) is 12.0 Å². The van der Waals surface area contributed by atoms with E-state index >= 15 is 0 Å². The standard InChI is InChI=1S/C32H46N4O4/c1-5-25(26-14-10-7-11-15-26)22-36-19-17-27(21-34-31(39)40-23-24-12-8-6-9-13-24)35-28(30(36)38)16-18-33-29(37)20-32(2,3)4/h6-15,25,27-28,35H,5,16-23H2,1-4H3,(H,33,37)(H,34,39)/t25-,27+,28+/m1/s1. The molecule has 218 valence electrons. The minimum atomic E-state index is -0.487. The molecule has 3 rings (SSSR count). The molecular weight excluding hydrogens is 504 g/mol. The van der Waals surface area contributed by atoms with Gasteiger partial charge >= 0.3 is 6.09 Å². The molecule has 1 aliphatic rings. The van der Waals surface area contributed by atoms with Gasteiger partial charge in [0.2, 0.25) is 11.8 Å². The zero-order valence-corrected chi connectivity index (χ0v) is 24.4. The number of carbonyl (C=O) groups excluding carboxylic acids is 3. The molecule has 1 saturated heterocycles. The van der Waals surface area contributed by atoms with Crippen LogP contribution in [0.2, 0.25) is 0 Å². The van der Waals surface area contributed by atoms with Gasteiger partial charge in [-0.05, 0) is 35.8 Å². The van der Waals surface area contributed by atoms with E-state index in [1.165, 1.54) is 5.56 Å². The smallest absolute Gasteiger partial charge is 0.407 e. The molecule has 2 aromatic carbocycles. The van der Waals surface area contributed by atoms with Crippen molar-refractivity contribution in [1.82, 2.24) is 20.9 Å². The fourth-order valence-electron chi connectivity index (χ4n) is 4.97. The van der Waals surface area contributed by atoms with Crippen molar-refractivity contribution in [2.24, 2.45) is 5.41 Å². The predicted molar refractivity (Wildman–Crippen MR) is 158 cm³/mol. The van der Waals surface area contributed by atoms with E-state index in [0.29, 0.717) is 45.4 Å². The fourth-order valence-corrected chi connectivity index (χ4v) is 4.97. The molecule has 0 spiro atoms. The molecule has 3 atom stereocenters. The molecular formula is C32H46N4O4. The Kier molecular flexibility index (Phi) is 12.0. The van der Waals surface area contributed by atoms with Crippen LogP contribution in [0.15, 0.2) is 60.7 Å². The third-order valence-corrected chi connectivity index (χ3v) is 7.15. The van der Waals surface area contributed by atoms with Crippen LogP contribution in [0.5, 0.6) is 0 Å². The molecule has 1 heterocycles. The van der Waals surface area contributed by atoms with Gasteiger partial charge in [-0.15, -0.1) is 0 Å². The number of amides is 3. The summed E-state index contributed by atoms with van der Waals surface area (Å²) >= 11 is 0. The number of nitrogens with one attached hydrogen (secondary N) is 3. The average molecular weight is 551 g/mol. The highest BCUT2D eigenvalue weighted by Gasteiger charge is 2.32. The SMILES string of the molecule is CC[C@H](CN1CC[C@@H](CNC(=O)OCc2ccccc2)N[C@@H](CCNC(=O)CC(C)(C)C)C1=O)c1ccccc1. The Morgan fingerprint density at radius 2 is 1.73 bits per heavy atom. The van der Waals surface area contributed by atoms with Crippen LogP contribution >= 0.6 is 0 Å². The second-order valence-corrected chi connectivity index (χ2v) is 11.8. The van der Waals surface area contributed by atoms with E-state index in [1.807, 2.05) is 74.2 Å². The molecule has 0 aromatic heterocycles. The minimum absolute atomic E-state index is 0.0140. The molecule has 8 heteroatoms. The van der Waals surface area contributed by atoms with Gasteiger partial charge in [0.25, 0.3) is 0 Å². The van der Waals surface area contributed by atoms with Crippen LogP contribution in [0, 0.1) is 5.41 Å². The highest BCUT2D eigenvalue weighted by Crippen LogP contribution is 2.23. The van der Waals surface area contributed by atoms with Gasteiger partial charge in [0.1, 0.15) is 6.61 Å². The van der Waals surface area contributed by atoms with E-state index in [1.54, 1.807) is 0 Å². The first-order valence-electron chi connectivity index (χ1n) is 14.5. The summed E-state index contributed by atoms with van der Waals surface area (Å²) < 4.78 is 5.36. The third kappa shape index (κ3) is 10.6. The second kappa shape index (κ2) is 15.4. The summed E-state index contributed by atoms with van der Waals surface area (Å²) in [5, 5.41) is 9.30. The lowest BCUT2D eigenvalue weighted by molar-refractivity contribution is -0.133. The molecule has 40 heavy (non-hydrogen) atoms. The molecule has 0 bridgehead atoms. The van der Waals surface area contributed by atoms with Crippen molar-refractivity contribution in [2.75, 3.05) is 26.2 Å². The summed E-state index contributed by atoms with van der Waals surface area (Å²) in [6.45, 7) is 10.4. The first kappa shape index (κ1) is 31.1. The maximum absolute atomic E-state index is 13.7. The quantitative estimate of drug-likeness (QED) is 0.359. The molecule has 0 saturated carbocycles. The lowest BCUT2D eigenvalue weighted by Crippen LogP contribution is -2.50. The van der Waals surface area contributed by atoms with Gasteiger partial charge in [0.05, 0.1) is 6.04 Å². The number of ether oxygens (including phenoxy) is 1. The second-order valence-electron chi connectivity index (χ2n) is 11.8. The molecule has 0 aliphatic carbocycles. The molecule has 1 aliphatic heterocycles. The number of benzene rings is 2. The molecule has 0 radical (unpaired) electrons. The predicted octanol–water partition coefficient (Wildman–Crippen LogP) is 4.61. The number of carbonyl (C=O) groups is 3. The van der Waals surface area contributed by atoms with E-state index in [4.69, 9.17) is 4.74 Å². The lowest BCUT2D eigenvalue weighted by atomic mass is 9.92. The Balaban J connectivity index is 1.62. The van der Waals surface area contributed by atoms with Crippen molar-refractivity contribution >= 4 is 17.9 Å². The van der Waals surface area contributed by atoms with Crippen LogP contribution in [0.1, 0.15) is 70.4 Å². The highest BCUT2D eigenvalue weighted by molar-refractivity contribution is 5.82. The Morgan fingerprint density at radius 3 is 2.38 bits per heavy atom. The summed E-state index contributed by atoms with van der Waals surface area (Å²) in [4.78, 5) is 40.4. The van der Waals surface area contributed by atoms with Crippen LogP contribution < -0.4 is 16.0 Å².